The van der Waals surface area contributed by atoms with E-state index in [0.29, 0.717) is 0 Å². The highest BCUT2D eigenvalue weighted by Gasteiger charge is 2.16. The maximum absolute atomic E-state index is 9.69. The number of aryl methyl sites for hydroxylation is 2. The van der Waals surface area contributed by atoms with E-state index in [2.05, 4.69) is 40.6 Å². The first-order valence-electron chi connectivity index (χ1n) is 7.73. The van der Waals surface area contributed by atoms with Crippen molar-refractivity contribution in [2.45, 2.75) is 33.4 Å². The molecule has 3 aromatic rings. The highest BCUT2D eigenvalue weighted by Crippen LogP contribution is 2.29. The van der Waals surface area contributed by atoms with E-state index < -0.39 is 6.23 Å². The number of nitrogens with zero attached hydrogens (tertiary/aromatic N) is 3. The van der Waals surface area contributed by atoms with Crippen LogP contribution in [0.5, 0.6) is 0 Å². The quantitative estimate of drug-likeness (QED) is 0.753. The number of para-hydroxylation sites is 1. The lowest BCUT2D eigenvalue weighted by Crippen LogP contribution is -2.30. The summed E-state index contributed by atoms with van der Waals surface area (Å²) < 4.78 is 2.25. The molecule has 1 unspecified atom stereocenters. The van der Waals surface area contributed by atoms with Crippen LogP contribution in [-0.4, -0.2) is 39.2 Å². The van der Waals surface area contributed by atoms with Crippen LogP contribution in [0.25, 0.3) is 16.4 Å². The molecule has 0 bridgehead atoms. The molecule has 4 heteroatoms. The lowest BCUT2D eigenvalue weighted by atomic mass is 10.1. The van der Waals surface area contributed by atoms with E-state index in [1.165, 1.54) is 27.5 Å². The molecule has 3 rings (SSSR count). The standard InChI is InChI=1S/C18H23N3O/c1-12-11-19-13(2)21-17-8-6-5-7-15(17)16(18(12)21)9-10-20(4)14(3)22/h5-8,11,14,22H,9-10H2,1-4H3. The summed E-state index contributed by atoms with van der Waals surface area (Å²) in [6.45, 7) is 6.78. The molecule has 0 fully saturated rings. The van der Waals surface area contributed by atoms with Gasteiger partial charge in [-0.05, 0) is 51.4 Å². The molecule has 22 heavy (non-hydrogen) atoms. The van der Waals surface area contributed by atoms with Crippen molar-refractivity contribution in [1.82, 2.24) is 14.3 Å². The second kappa shape index (κ2) is 5.71. The first kappa shape index (κ1) is 15.0. The molecule has 2 aromatic heterocycles. The third-order valence-electron chi connectivity index (χ3n) is 4.47. The van der Waals surface area contributed by atoms with Gasteiger partial charge in [-0.15, -0.1) is 0 Å². The van der Waals surface area contributed by atoms with Gasteiger partial charge in [-0.2, -0.15) is 0 Å². The van der Waals surface area contributed by atoms with Gasteiger partial charge < -0.3 is 5.11 Å². The first-order chi connectivity index (χ1) is 10.5. The van der Waals surface area contributed by atoms with Gasteiger partial charge in [0.2, 0.25) is 0 Å². The Morgan fingerprint density at radius 1 is 1.27 bits per heavy atom. The SMILES string of the molecule is Cc1cnc(C)n2c1c(CCN(C)C(C)O)c1ccccc12. The number of aromatic nitrogens is 2. The minimum atomic E-state index is -0.426. The van der Waals surface area contributed by atoms with Crippen LogP contribution in [0.2, 0.25) is 0 Å². The van der Waals surface area contributed by atoms with Crippen molar-refractivity contribution >= 4 is 16.4 Å². The fourth-order valence-electron chi connectivity index (χ4n) is 3.09. The smallest absolute Gasteiger partial charge is 0.110 e. The number of rotatable bonds is 4. The van der Waals surface area contributed by atoms with E-state index in [9.17, 15) is 5.11 Å². The van der Waals surface area contributed by atoms with Crippen LogP contribution in [-0.2, 0) is 6.42 Å². The van der Waals surface area contributed by atoms with Gasteiger partial charge in [0.25, 0.3) is 0 Å². The summed E-state index contributed by atoms with van der Waals surface area (Å²) in [7, 11) is 1.95. The maximum Gasteiger partial charge on any atom is 0.110 e. The van der Waals surface area contributed by atoms with E-state index in [-0.39, 0.29) is 0 Å². The number of aliphatic hydroxyl groups is 1. The van der Waals surface area contributed by atoms with Crippen LogP contribution < -0.4 is 0 Å². The van der Waals surface area contributed by atoms with Crippen LogP contribution in [0.15, 0.2) is 30.5 Å². The van der Waals surface area contributed by atoms with E-state index in [1.54, 1.807) is 6.92 Å². The molecule has 0 saturated carbocycles. The van der Waals surface area contributed by atoms with Crippen LogP contribution in [0.1, 0.15) is 23.9 Å². The minimum absolute atomic E-state index is 0.426. The molecule has 0 aliphatic carbocycles. The van der Waals surface area contributed by atoms with Crippen LogP contribution >= 0.6 is 0 Å². The first-order valence-corrected chi connectivity index (χ1v) is 7.73. The van der Waals surface area contributed by atoms with Crippen molar-refractivity contribution in [2.24, 2.45) is 0 Å². The van der Waals surface area contributed by atoms with E-state index >= 15 is 0 Å². The molecule has 1 atom stereocenters. The zero-order valence-corrected chi connectivity index (χ0v) is 13.7. The van der Waals surface area contributed by atoms with Crippen molar-refractivity contribution in [3.05, 3.63) is 47.4 Å². The summed E-state index contributed by atoms with van der Waals surface area (Å²) in [6.07, 6.45) is 2.43. The van der Waals surface area contributed by atoms with Crippen molar-refractivity contribution in [3.63, 3.8) is 0 Å². The van der Waals surface area contributed by atoms with Gasteiger partial charge in [0.1, 0.15) is 12.1 Å². The summed E-state index contributed by atoms with van der Waals surface area (Å²) in [6, 6.07) is 8.49. The molecule has 1 N–H and O–H groups in total. The lowest BCUT2D eigenvalue weighted by Gasteiger charge is -2.19. The molecule has 0 amide bonds. The average Bonchev–Trinajstić information content (AvgIpc) is 2.84. The van der Waals surface area contributed by atoms with Crippen LogP contribution in [0.3, 0.4) is 0 Å². The summed E-state index contributed by atoms with van der Waals surface area (Å²) in [4.78, 5) is 6.47. The number of hydrogen-bond donors (Lipinski definition) is 1. The minimum Gasteiger partial charge on any atom is -0.379 e. The van der Waals surface area contributed by atoms with Crippen LogP contribution in [0.4, 0.5) is 0 Å². The van der Waals surface area contributed by atoms with Gasteiger partial charge in [0.05, 0.1) is 11.0 Å². The molecule has 2 heterocycles. The molecule has 0 saturated heterocycles. The fraction of sp³-hybridized carbons (Fsp3) is 0.389. The molecule has 1 aromatic carbocycles. The Bertz CT molecular complexity index is 820. The zero-order chi connectivity index (χ0) is 15.9. The molecule has 0 radical (unpaired) electrons. The number of benzene rings is 1. The van der Waals surface area contributed by atoms with Crippen molar-refractivity contribution in [3.8, 4) is 0 Å². The van der Waals surface area contributed by atoms with Crippen molar-refractivity contribution in [2.75, 3.05) is 13.6 Å². The summed E-state index contributed by atoms with van der Waals surface area (Å²) in [5, 5.41) is 11.0. The van der Waals surface area contributed by atoms with Gasteiger partial charge >= 0.3 is 0 Å². The number of likely N-dealkylation sites (N-methyl/N-ethyl adjacent to an activating group) is 1. The van der Waals surface area contributed by atoms with Gasteiger partial charge in [-0.25, -0.2) is 4.98 Å². The largest absolute Gasteiger partial charge is 0.379 e. The second-order valence-corrected chi connectivity index (χ2v) is 6.03. The predicted octanol–water partition coefficient (Wildman–Crippen LogP) is 2.92. The van der Waals surface area contributed by atoms with E-state index in [1.807, 2.05) is 25.1 Å². The Morgan fingerprint density at radius 3 is 2.73 bits per heavy atom. The molecular formula is C18H23N3O. The van der Waals surface area contributed by atoms with E-state index in [0.717, 1.165) is 18.8 Å². The molecule has 4 nitrogen and oxygen atoms in total. The molecule has 0 spiro atoms. The molecular weight excluding hydrogens is 274 g/mol. The Hall–Kier alpha value is -1.91. The Labute approximate surface area is 131 Å². The van der Waals surface area contributed by atoms with Gasteiger partial charge in [-0.1, -0.05) is 18.2 Å². The van der Waals surface area contributed by atoms with Crippen molar-refractivity contribution < 1.29 is 5.11 Å². The highest BCUT2D eigenvalue weighted by molar-refractivity contribution is 5.93. The fourth-order valence-corrected chi connectivity index (χ4v) is 3.09. The Morgan fingerprint density at radius 2 is 2.00 bits per heavy atom. The van der Waals surface area contributed by atoms with Crippen molar-refractivity contribution in [1.29, 1.82) is 0 Å². The zero-order valence-electron chi connectivity index (χ0n) is 13.7. The normalized spacial score (nSPS) is 13.4. The molecule has 116 valence electrons. The van der Waals surface area contributed by atoms with Gasteiger partial charge in [0, 0.05) is 18.1 Å². The number of hydrogen-bond acceptors (Lipinski definition) is 3. The average molecular weight is 297 g/mol. The van der Waals surface area contributed by atoms with Crippen LogP contribution in [0, 0.1) is 13.8 Å². The third-order valence-corrected chi connectivity index (χ3v) is 4.47. The second-order valence-electron chi connectivity index (χ2n) is 6.03. The Balaban J connectivity index is 2.20. The van der Waals surface area contributed by atoms with Gasteiger partial charge in [0.15, 0.2) is 0 Å². The maximum atomic E-state index is 9.69. The highest BCUT2D eigenvalue weighted by atomic mass is 16.3. The lowest BCUT2D eigenvalue weighted by molar-refractivity contribution is 0.0394. The Kier molecular flexibility index (Phi) is 3.89. The monoisotopic (exact) mass is 297 g/mol. The number of fused-ring (bicyclic) bond motifs is 3. The number of aliphatic hydroxyl groups excluding tert-OH is 1. The van der Waals surface area contributed by atoms with Gasteiger partial charge in [-0.3, -0.25) is 9.30 Å². The predicted molar refractivity (Wildman–Crippen MR) is 90.2 cm³/mol. The topological polar surface area (TPSA) is 40.8 Å². The molecule has 0 aliphatic rings. The summed E-state index contributed by atoms with van der Waals surface area (Å²) in [5.41, 5.74) is 5.00. The summed E-state index contributed by atoms with van der Waals surface area (Å²) >= 11 is 0. The summed E-state index contributed by atoms with van der Waals surface area (Å²) in [5.74, 6) is 1.01. The molecule has 0 aliphatic heterocycles. The third kappa shape index (κ3) is 2.38. The van der Waals surface area contributed by atoms with E-state index in [4.69, 9.17) is 0 Å².